The molecule has 1 aliphatic heterocycles. The Morgan fingerprint density at radius 2 is 1.85 bits per heavy atom. The van der Waals surface area contributed by atoms with Crippen molar-refractivity contribution in [2.75, 3.05) is 4.90 Å². The molecule has 2 aromatic rings. The molecular weight excluding hydrogens is 381 g/mol. The Morgan fingerprint density at radius 3 is 2.52 bits per heavy atom. The van der Waals surface area contributed by atoms with Gasteiger partial charge in [0.25, 0.3) is 0 Å². The van der Waals surface area contributed by atoms with Crippen LogP contribution in [0.2, 0.25) is 0 Å². The number of aliphatic imine (C=N–C) groups is 1. The van der Waals surface area contributed by atoms with Crippen molar-refractivity contribution in [3.63, 3.8) is 0 Å². The van der Waals surface area contributed by atoms with E-state index >= 15 is 0 Å². The normalized spacial score (nSPS) is 16.8. The monoisotopic (exact) mass is 396 g/mol. The quantitative estimate of drug-likeness (QED) is 0.830. The number of para-hydroxylation sites is 1. The van der Waals surface area contributed by atoms with Gasteiger partial charge >= 0.3 is 0 Å². The Morgan fingerprint density at radius 1 is 1.15 bits per heavy atom. The Balaban J connectivity index is 1.79. The summed E-state index contributed by atoms with van der Waals surface area (Å²) in [6, 6.07) is 7.52. The van der Waals surface area contributed by atoms with Crippen molar-refractivity contribution in [2.24, 2.45) is 4.99 Å². The lowest BCUT2D eigenvalue weighted by atomic mass is 10.1. The second-order valence-corrected chi connectivity index (χ2v) is 6.29. The van der Waals surface area contributed by atoms with Crippen molar-refractivity contribution < 1.29 is 23.0 Å². The van der Waals surface area contributed by atoms with Crippen LogP contribution in [0.5, 0.6) is 0 Å². The number of hydrogen-bond acceptors (Lipinski definition) is 4. The summed E-state index contributed by atoms with van der Waals surface area (Å²) in [5.41, 5.74) is 0.697. The molecule has 3 rings (SSSR count). The molecule has 1 atom stereocenters. The Hall–Kier alpha value is -2.51. The third-order valence-electron chi connectivity index (χ3n) is 4.06. The first-order chi connectivity index (χ1) is 12.9. The molecule has 0 saturated heterocycles. The van der Waals surface area contributed by atoms with E-state index in [1.165, 1.54) is 35.4 Å². The van der Waals surface area contributed by atoms with Crippen molar-refractivity contribution >= 4 is 23.2 Å². The van der Waals surface area contributed by atoms with Gasteiger partial charge in [0.05, 0.1) is 6.61 Å². The largest absolute Gasteiger partial charge is 0.472 e. The van der Waals surface area contributed by atoms with Gasteiger partial charge in [-0.1, -0.05) is 23.7 Å². The predicted octanol–water partition coefficient (Wildman–Crippen LogP) is 4.46. The van der Waals surface area contributed by atoms with E-state index in [2.05, 4.69) is 4.99 Å². The second-order valence-electron chi connectivity index (χ2n) is 5.88. The van der Waals surface area contributed by atoms with Gasteiger partial charge in [-0.3, -0.25) is 0 Å². The molecule has 0 fully saturated rings. The minimum Gasteiger partial charge on any atom is -0.472 e. The number of nitrogens with zero attached hydrogens (tertiary/aromatic N) is 2. The van der Waals surface area contributed by atoms with Crippen molar-refractivity contribution in [3.8, 4) is 0 Å². The van der Waals surface area contributed by atoms with Crippen molar-refractivity contribution in [1.82, 2.24) is 0 Å². The fourth-order valence-electron chi connectivity index (χ4n) is 2.70. The lowest BCUT2D eigenvalue weighted by Crippen LogP contribution is -2.33. The first-order valence-electron chi connectivity index (χ1n) is 8.09. The van der Waals surface area contributed by atoms with Crippen LogP contribution >= 0.6 is 11.6 Å². The summed E-state index contributed by atoms with van der Waals surface area (Å²) in [5, 5.41) is 9.38. The molecule has 0 radical (unpaired) electrons. The number of aliphatic hydroxyl groups excluding tert-OH is 1. The molecular formula is C19H16ClF3N2O2. The van der Waals surface area contributed by atoms with Crippen LogP contribution < -0.4 is 4.90 Å². The van der Waals surface area contributed by atoms with Gasteiger partial charge in [0, 0.05) is 6.20 Å². The maximum Gasteiger partial charge on any atom is 0.231 e. The van der Waals surface area contributed by atoms with Crippen LogP contribution in [-0.2, 0) is 18.0 Å². The number of halogens is 4. The number of rotatable bonds is 4. The predicted molar refractivity (Wildman–Crippen MR) is 96.8 cm³/mol. The van der Waals surface area contributed by atoms with Crippen molar-refractivity contribution in [3.05, 3.63) is 76.2 Å². The summed E-state index contributed by atoms with van der Waals surface area (Å²) in [5.74, 6) is -1.85. The van der Waals surface area contributed by atoms with E-state index in [1.807, 2.05) is 0 Å². The fraction of sp³-hybridized carbons (Fsp3) is 0.211. The molecule has 1 unspecified atom stereocenters. The topological polar surface area (TPSA) is 45.1 Å². The van der Waals surface area contributed by atoms with Gasteiger partial charge in [0.2, 0.25) is 5.90 Å². The molecule has 1 N–H and O–H groups in total. The first-order valence-corrected chi connectivity index (χ1v) is 8.47. The second kappa shape index (κ2) is 8.02. The van der Waals surface area contributed by atoms with Crippen molar-refractivity contribution in [1.29, 1.82) is 0 Å². The van der Waals surface area contributed by atoms with Gasteiger partial charge in [-0.05, 0) is 42.3 Å². The summed E-state index contributed by atoms with van der Waals surface area (Å²) in [6.07, 6.45) is 0.674. The molecule has 4 nitrogen and oxygen atoms in total. The summed E-state index contributed by atoms with van der Waals surface area (Å²) in [6.45, 7) is 1.29. The molecule has 1 heterocycles. The number of benzene rings is 2. The molecule has 8 heteroatoms. The minimum absolute atomic E-state index is 0.000153. The lowest BCUT2D eigenvalue weighted by Gasteiger charge is -2.30. The molecule has 1 aliphatic rings. The standard InChI is InChI=1S/C19H16ClF3N2O2/c1-11-24-19(27-10-12-5-6-14(21)7-13(12)9-26)15(20)8-25(11)18-16(22)3-2-4-17(18)23/h2-8,11,26H,9-10H2,1H3. The van der Waals surface area contributed by atoms with Crippen LogP contribution in [0, 0.1) is 17.5 Å². The highest BCUT2D eigenvalue weighted by Crippen LogP contribution is 2.30. The van der Waals surface area contributed by atoms with Gasteiger partial charge in [0.1, 0.15) is 40.9 Å². The van der Waals surface area contributed by atoms with Gasteiger partial charge in [0.15, 0.2) is 0 Å². The third-order valence-corrected chi connectivity index (χ3v) is 4.32. The molecule has 0 saturated carbocycles. The molecule has 142 valence electrons. The van der Waals surface area contributed by atoms with Gasteiger partial charge < -0.3 is 14.7 Å². The molecule has 27 heavy (non-hydrogen) atoms. The number of aliphatic hydroxyl groups is 1. The van der Waals surface area contributed by atoms with Gasteiger partial charge in [-0.15, -0.1) is 0 Å². The molecule has 2 aromatic carbocycles. The van der Waals surface area contributed by atoms with Crippen LogP contribution in [0.3, 0.4) is 0 Å². The zero-order valence-electron chi connectivity index (χ0n) is 14.3. The lowest BCUT2D eigenvalue weighted by molar-refractivity contribution is 0.264. The molecule has 0 bridgehead atoms. The van der Waals surface area contributed by atoms with Crippen LogP contribution in [0.1, 0.15) is 18.1 Å². The molecule has 0 spiro atoms. The summed E-state index contributed by atoms with van der Waals surface area (Å²) >= 11 is 6.17. The number of hydrogen-bond donors (Lipinski definition) is 1. The molecule has 0 aliphatic carbocycles. The smallest absolute Gasteiger partial charge is 0.231 e. The average molecular weight is 397 g/mol. The summed E-state index contributed by atoms with van der Waals surface area (Å²) in [7, 11) is 0. The average Bonchev–Trinajstić information content (AvgIpc) is 2.63. The van der Waals surface area contributed by atoms with Crippen LogP contribution in [0.4, 0.5) is 18.9 Å². The van der Waals surface area contributed by atoms with Gasteiger partial charge in [-0.2, -0.15) is 0 Å². The zero-order valence-corrected chi connectivity index (χ0v) is 15.1. The highest BCUT2D eigenvalue weighted by molar-refractivity contribution is 6.42. The van der Waals surface area contributed by atoms with E-state index in [0.717, 1.165) is 12.1 Å². The van der Waals surface area contributed by atoms with Crippen LogP contribution in [0.15, 0.2) is 52.6 Å². The van der Waals surface area contributed by atoms with E-state index in [9.17, 15) is 18.3 Å². The summed E-state index contributed by atoms with van der Waals surface area (Å²) < 4.78 is 46.9. The zero-order chi connectivity index (χ0) is 19.6. The van der Waals surface area contributed by atoms with E-state index in [-0.39, 0.29) is 29.8 Å². The first kappa shape index (κ1) is 19.3. The van der Waals surface area contributed by atoms with E-state index in [0.29, 0.717) is 11.1 Å². The van der Waals surface area contributed by atoms with Crippen LogP contribution in [0.25, 0.3) is 0 Å². The maximum atomic E-state index is 14.0. The minimum atomic E-state index is -0.735. The SMILES string of the molecule is CC1N=C(OCc2ccc(F)cc2CO)C(Cl)=CN1c1c(F)cccc1F. The number of anilines is 1. The van der Waals surface area contributed by atoms with E-state index in [4.69, 9.17) is 16.3 Å². The highest BCUT2D eigenvalue weighted by Gasteiger charge is 2.26. The molecule has 0 aromatic heterocycles. The maximum absolute atomic E-state index is 14.0. The summed E-state index contributed by atoms with van der Waals surface area (Å²) in [4.78, 5) is 5.52. The fourth-order valence-corrected chi connectivity index (χ4v) is 2.91. The Bertz CT molecular complexity index is 898. The van der Waals surface area contributed by atoms with E-state index in [1.54, 1.807) is 6.92 Å². The third kappa shape index (κ3) is 4.09. The molecule has 0 amide bonds. The van der Waals surface area contributed by atoms with Crippen LogP contribution in [-0.4, -0.2) is 17.2 Å². The Labute approximate surface area is 159 Å². The number of ether oxygens (including phenoxy) is 1. The van der Waals surface area contributed by atoms with E-state index < -0.39 is 23.6 Å². The van der Waals surface area contributed by atoms with Gasteiger partial charge in [-0.25, -0.2) is 18.2 Å². The highest BCUT2D eigenvalue weighted by atomic mass is 35.5. The Kier molecular flexibility index (Phi) is 5.72. The van der Waals surface area contributed by atoms with Crippen molar-refractivity contribution in [2.45, 2.75) is 26.3 Å².